The maximum absolute atomic E-state index is 5.58. The van der Waals surface area contributed by atoms with E-state index in [1.165, 1.54) is 31.6 Å². The zero-order chi connectivity index (χ0) is 16.9. The van der Waals surface area contributed by atoms with Gasteiger partial charge in [0.1, 0.15) is 0 Å². The van der Waals surface area contributed by atoms with E-state index in [-0.39, 0.29) is 0 Å². The first-order chi connectivity index (χ1) is 11.6. The third-order valence-electron chi connectivity index (χ3n) is 4.90. The summed E-state index contributed by atoms with van der Waals surface area (Å²) in [5, 5.41) is 12.8. The first-order valence-corrected chi connectivity index (χ1v) is 8.96. The van der Waals surface area contributed by atoms with E-state index in [2.05, 4.69) is 44.9 Å². The van der Waals surface area contributed by atoms with Crippen molar-refractivity contribution in [2.45, 2.75) is 52.7 Å². The summed E-state index contributed by atoms with van der Waals surface area (Å²) in [5.41, 5.74) is 8.83. The van der Waals surface area contributed by atoms with Crippen LogP contribution in [0.15, 0.2) is 12.3 Å². The minimum atomic E-state index is 0.466. The van der Waals surface area contributed by atoms with Gasteiger partial charge in [0.05, 0.1) is 11.4 Å². The van der Waals surface area contributed by atoms with Crippen molar-refractivity contribution in [1.29, 1.82) is 0 Å². The fourth-order valence-electron chi connectivity index (χ4n) is 3.52. The molecule has 2 aromatic heterocycles. The molecule has 7 heteroatoms. The summed E-state index contributed by atoms with van der Waals surface area (Å²) < 4.78 is 4.08. The molecule has 2 aromatic rings. The quantitative estimate of drug-likeness (QED) is 0.829. The largest absolute Gasteiger partial charge is 0.325 e. The number of nitrogens with zero attached hydrogens (tertiary/aromatic N) is 6. The second-order valence-corrected chi connectivity index (χ2v) is 6.92. The molecule has 0 aromatic carbocycles. The van der Waals surface area contributed by atoms with Crippen LogP contribution in [0.25, 0.3) is 0 Å². The molecule has 0 saturated carbocycles. The number of hydrogen-bond acceptors (Lipinski definition) is 5. The van der Waals surface area contributed by atoms with E-state index < -0.39 is 0 Å². The van der Waals surface area contributed by atoms with Crippen LogP contribution in [0.2, 0.25) is 0 Å². The summed E-state index contributed by atoms with van der Waals surface area (Å²) in [6.45, 7) is 10.2. The topological polar surface area (TPSA) is 77.8 Å². The second kappa shape index (κ2) is 7.90. The molecule has 3 rings (SSSR count). The van der Waals surface area contributed by atoms with E-state index in [1.807, 2.05) is 10.9 Å². The van der Waals surface area contributed by atoms with Gasteiger partial charge in [-0.05, 0) is 64.7 Å². The smallest absolute Gasteiger partial charge is 0.0962 e. The Bertz CT molecular complexity index is 637. The third kappa shape index (κ3) is 4.42. The van der Waals surface area contributed by atoms with Gasteiger partial charge in [-0.1, -0.05) is 5.21 Å². The van der Waals surface area contributed by atoms with Crippen molar-refractivity contribution in [3.05, 3.63) is 29.3 Å². The molecule has 1 fully saturated rings. The zero-order valence-corrected chi connectivity index (χ0v) is 14.9. The van der Waals surface area contributed by atoms with Crippen LogP contribution in [-0.4, -0.2) is 49.3 Å². The van der Waals surface area contributed by atoms with Crippen LogP contribution in [-0.2, 0) is 19.6 Å². The van der Waals surface area contributed by atoms with Gasteiger partial charge in [-0.25, -0.2) is 0 Å². The number of aromatic nitrogens is 5. The zero-order valence-electron chi connectivity index (χ0n) is 14.9. The van der Waals surface area contributed by atoms with E-state index >= 15 is 0 Å². The molecule has 0 amide bonds. The Balaban J connectivity index is 1.36. The van der Waals surface area contributed by atoms with Gasteiger partial charge in [0.25, 0.3) is 0 Å². The Morgan fingerprint density at radius 3 is 2.62 bits per heavy atom. The Kier molecular flexibility index (Phi) is 5.63. The van der Waals surface area contributed by atoms with E-state index in [0.717, 1.165) is 37.4 Å². The molecule has 132 valence electrons. The lowest BCUT2D eigenvalue weighted by Gasteiger charge is -2.31. The number of piperidine rings is 1. The minimum Gasteiger partial charge on any atom is -0.325 e. The fraction of sp³-hybridized carbons (Fsp3) is 0.706. The van der Waals surface area contributed by atoms with Crippen LogP contribution in [0.5, 0.6) is 0 Å². The first-order valence-electron chi connectivity index (χ1n) is 8.96. The molecule has 0 bridgehead atoms. The molecule has 0 radical (unpaired) electrons. The highest BCUT2D eigenvalue weighted by atomic mass is 15.4. The molecule has 7 nitrogen and oxygen atoms in total. The lowest BCUT2D eigenvalue weighted by atomic mass is 9.97. The van der Waals surface area contributed by atoms with Gasteiger partial charge in [-0.3, -0.25) is 9.36 Å². The summed E-state index contributed by atoms with van der Waals surface area (Å²) in [7, 11) is 0. The maximum Gasteiger partial charge on any atom is 0.0962 e. The molecule has 0 atom stereocenters. The Labute approximate surface area is 143 Å². The summed E-state index contributed by atoms with van der Waals surface area (Å²) in [4.78, 5) is 2.58. The van der Waals surface area contributed by atoms with Crippen LogP contribution >= 0.6 is 0 Å². The number of aryl methyl sites for hydroxylation is 3. The summed E-state index contributed by atoms with van der Waals surface area (Å²) in [6, 6.07) is 2.14. The average Bonchev–Trinajstić information content (AvgIpc) is 3.15. The second-order valence-electron chi connectivity index (χ2n) is 6.92. The van der Waals surface area contributed by atoms with Crippen LogP contribution in [0, 0.1) is 19.8 Å². The van der Waals surface area contributed by atoms with Gasteiger partial charge in [-0.15, -0.1) is 5.10 Å². The lowest BCUT2D eigenvalue weighted by molar-refractivity contribution is 0.166. The molecule has 2 N–H and O–H groups in total. The number of likely N-dealkylation sites (tertiary alicyclic amines) is 1. The van der Waals surface area contributed by atoms with Gasteiger partial charge in [0, 0.05) is 31.5 Å². The predicted molar refractivity (Wildman–Crippen MR) is 93.4 cm³/mol. The van der Waals surface area contributed by atoms with Crippen molar-refractivity contribution in [2.24, 2.45) is 11.7 Å². The molecular weight excluding hydrogens is 302 g/mol. The van der Waals surface area contributed by atoms with E-state index in [1.54, 1.807) is 0 Å². The average molecular weight is 331 g/mol. The highest BCUT2D eigenvalue weighted by Gasteiger charge is 2.19. The number of hydrogen-bond donors (Lipinski definition) is 1. The molecule has 24 heavy (non-hydrogen) atoms. The van der Waals surface area contributed by atoms with Crippen molar-refractivity contribution >= 4 is 0 Å². The highest BCUT2D eigenvalue weighted by Crippen LogP contribution is 2.19. The summed E-state index contributed by atoms with van der Waals surface area (Å²) in [5.74, 6) is 0.699. The first kappa shape index (κ1) is 17.1. The van der Waals surface area contributed by atoms with Gasteiger partial charge in [-0.2, -0.15) is 5.10 Å². The SMILES string of the molecule is Cc1cc(C)n(CCCN2CCC(Cn3cc(CN)nn3)CC2)n1. The van der Waals surface area contributed by atoms with Crippen LogP contribution in [0.1, 0.15) is 36.3 Å². The standard InChI is InChI=1S/C17H29N7/c1-14-10-15(2)24(20-14)7-3-6-22-8-4-16(5-9-22)12-23-13-17(11-18)19-21-23/h10,13,16H,3-9,11-12,18H2,1-2H3. The van der Waals surface area contributed by atoms with Gasteiger partial charge in [0.15, 0.2) is 0 Å². The molecule has 1 aliphatic heterocycles. The summed E-state index contributed by atoms with van der Waals surface area (Å²) >= 11 is 0. The van der Waals surface area contributed by atoms with Crippen LogP contribution < -0.4 is 5.73 Å². The predicted octanol–water partition coefficient (Wildman–Crippen LogP) is 1.35. The Morgan fingerprint density at radius 2 is 2.00 bits per heavy atom. The van der Waals surface area contributed by atoms with Crippen molar-refractivity contribution in [2.75, 3.05) is 19.6 Å². The van der Waals surface area contributed by atoms with Crippen molar-refractivity contribution in [3.63, 3.8) is 0 Å². The molecular formula is C17H29N7. The Morgan fingerprint density at radius 1 is 1.21 bits per heavy atom. The molecule has 1 aliphatic rings. The van der Waals surface area contributed by atoms with E-state index in [0.29, 0.717) is 12.5 Å². The van der Waals surface area contributed by atoms with E-state index in [9.17, 15) is 0 Å². The van der Waals surface area contributed by atoms with Crippen LogP contribution in [0.4, 0.5) is 0 Å². The van der Waals surface area contributed by atoms with Crippen molar-refractivity contribution in [3.8, 4) is 0 Å². The van der Waals surface area contributed by atoms with Gasteiger partial charge >= 0.3 is 0 Å². The van der Waals surface area contributed by atoms with Crippen LogP contribution in [0.3, 0.4) is 0 Å². The maximum atomic E-state index is 5.58. The molecule has 1 saturated heterocycles. The summed E-state index contributed by atoms with van der Waals surface area (Å²) in [6.07, 6.45) is 5.60. The monoisotopic (exact) mass is 331 g/mol. The molecule has 0 aliphatic carbocycles. The minimum absolute atomic E-state index is 0.466. The molecule has 0 spiro atoms. The lowest BCUT2D eigenvalue weighted by Crippen LogP contribution is -2.36. The van der Waals surface area contributed by atoms with Gasteiger partial charge in [0.2, 0.25) is 0 Å². The molecule has 3 heterocycles. The fourth-order valence-corrected chi connectivity index (χ4v) is 3.52. The molecule has 0 unspecified atom stereocenters. The Hall–Kier alpha value is -1.73. The third-order valence-corrected chi connectivity index (χ3v) is 4.90. The number of rotatable bonds is 7. The van der Waals surface area contributed by atoms with Crippen molar-refractivity contribution < 1.29 is 0 Å². The van der Waals surface area contributed by atoms with E-state index in [4.69, 9.17) is 5.73 Å². The number of nitrogens with two attached hydrogens (primary N) is 1. The highest BCUT2D eigenvalue weighted by molar-refractivity contribution is 5.06. The van der Waals surface area contributed by atoms with Crippen molar-refractivity contribution in [1.82, 2.24) is 29.7 Å². The van der Waals surface area contributed by atoms with Gasteiger partial charge < -0.3 is 10.6 Å². The normalized spacial score (nSPS) is 16.8.